The molecule has 1 fully saturated rings. The van der Waals surface area contributed by atoms with Crippen molar-refractivity contribution in [3.05, 3.63) is 58.2 Å². The zero-order chi connectivity index (χ0) is 19.8. The van der Waals surface area contributed by atoms with E-state index in [1.807, 2.05) is 36.4 Å². The lowest BCUT2D eigenvalue weighted by Gasteiger charge is -2.38. The monoisotopic (exact) mass is 456 g/mol. The van der Waals surface area contributed by atoms with Crippen molar-refractivity contribution in [2.45, 2.75) is 18.3 Å². The topological polar surface area (TPSA) is 72.6 Å². The van der Waals surface area contributed by atoms with Crippen LogP contribution in [-0.4, -0.2) is 37.4 Å². The Kier molecular flexibility index (Phi) is 4.72. The van der Waals surface area contributed by atoms with Gasteiger partial charge in [0.1, 0.15) is 5.69 Å². The number of hydrogen-bond donors (Lipinski definition) is 2. The standard InChI is InChI=1S/C22H21BrN2O4/c23-19-15-3-1-2-4-16(15)25-20(19)21(26)24-12-22(7-9-27-10-8-22)14-5-6-17-18(11-14)29-13-28-17/h1-6,11,25H,7-10,12-13H2,(H,24,26). The van der Waals surface area contributed by atoms with Crippen LogP contribution >= 0.6 is 15.9 Å². The summed E-state index contributed by atoms with van der Waals surface area (Å²) < 4.78 is 17.4. The number of carbonyl (C=O) groups excluding carboxylic acids is 1. The van der Waals surface area contributed by atoms with Gasteiger partial charge in [0.05, 0.1) is 4.47 Å². The summed E-state index contributed by atoms with van der Waals surface area (Å²) in [5.74, 6) is 1.40. The van der Waals surface area contributed by atoms with Gasteiger partial charge in [-0.15, -0.1) is 0 Å². The van der Waals surface area contributed by atoms with E-state index in [2.05, 4.69) is 32.3 Å². The second-order valence-corrected chi connectivity index (χ2v) is 8.30. The molecule has 1 saturated heterocycles. The number of halogens is 1. The minimum atomic E-state index is -0.201. The highest BCUT2D eigenvalue weighted by molar-refractivity contribution is 9.10. The van der Waals surface area contributed by atoms with Crippen LogP contribution in [0.4, 0.5) is 0 Å². The first kappa shape index (κ1) is 18.5. The fourth-order valence-electron chi connectivity index (χ4n) is 4.16. The van der Waals surface area contributed by atoms with Crippen LogP contribution in [0, 0.1) is 0 Å². The summed E-state index contributed by atoms with van der Waals surface area (Å²) in [6.45, 7) is 2.11. The molecule has 3 heterocycles. The molecule has 0 atom stereocenters. The number of fused-ring (bicyclic) bond motifs is 2. The van der Waals surface area contributed by atoms with Crippen LogP contribution in [0.25, 0.3) is 10.9 Å². The molecule has 3 aromatic rings. The van der Waals surface area contributed by atoms with Crippen molar-refractivity contribution in [3.8, 4) is 11.5 Å². The first-order valence-corrected chi connectivity index (χ1v) is 10.5. The number of rotatable bonds is 4. The highest BCUT2D eigenvalue weighted by Gasteiger charge is 2.36. The van der Waals surface area contributed by atoms with Crippen LogP contribution in [0.3, 0.4) is 0 Å². The summed E-state index contributed by atoms with van der Waals surface area (Å²) >= 11 is 3.57. The molecule has 2 aromatic carbocycles. The van der Waals surface area contributed by atoms with Crippen molar-refractivity contribution in [2.75, 3.05) is 26.6 Å². The number of aromatic amines is 1. The lowest BCUT2D eigenvalue weighted by atomic mass is 9.74. The normalized spacial score (nSPS) is 17.4. The highest BCUT2D eigenvalue weighted by Crippen LogP contribution is 2.40. The smallest absolute Gasteiger partial charge is 0.268 e. The summed E-state index contributed by atoms with van der Waals surface area (Å²) in [5.41, 5.74) is 2.41. The van der Waals surface area contributed by atoms with Gasteiger partial charge >= 0.3 is 0 Å². The van der Waals surface area contributed by atoms with Gasteiger partial charge in [0, 0.05) is 36.1 Å². The van der Waals surface area contributed by atoms with Crippen molar-refractivity contribution in [1.29, 1.82) is 0 Å². The number of ether oxygens (including phenoxy) is 3. The molecule has 2 N–H and O–H groups in total. The molecule has 0 radical (unpaired) electrons. The Labute approximate surface area is 176 Å². The predicted octanol–water partition coefficient (Wildman–Crippen LogP) is 4.14. The van der Waals surface area contributed by atoms with Crippen molar-refractivity contribution in [2.24, 2.45) is 0 Å². The maximum Gasteiger partial charge on any atom is 0.268 e. The third-order valence-corrected chi connectivity index (χ3v) is 6.72. The third kappa shape index (κ3) is 3.28. The number of nitrogens with one attached hydrogen (secondary N) is 2. The highest BCUT2D eigenvalue weighted by atomic mass is 79.9. The lowest BCUT2D eigenvalue weighted by Crippen LogP contribution is -2.44. The predicted molar refractivity (Wildman–Crippen MR) is 113 cm³/mol. The molecular weight excluding hydrogens is 436 g/mol. The van der Waals surface area contributed by atoms with Crippen LogP contribution in [0.15, 0.2) is 46.9 Å². The van der Waals surface area contributed by atoms with Crippen molar-refractivity contribution < 1.29 is 19.0 Å². The fourth-order valence-corrected chi connectivity index (χ4v) is 4.78. The van der Waals surface area contributed by atoms with Crippen molar-refractivity contribution in [3.63, 3.8) is 0 Å². The molecule has 1 amide bonds. The third-order valence-electron chi connectivity index (χ3n) is 5.89. The molecule has 0 saturated carbocycles. The molecule has 29 heavy (non-hydrogen) atoms. The molecule has 6 nitrogen and oxygen atoms in total. The molecule has 7 heteroatoms. The number of hydrogen-bond acceptors (Lipinski definition) is 4. The average molecular weight is 457 g/mol. The van der Waals surface area contributed by atoms with Gasteiger partial charge in [0.2, 0.25) is 6.79 Å². The Bertz CT molecular complexity index is 1070. The number of amides is 1. The van der Waals surface area contributed by atoms with Crippen molar-refractivity contribution in [1.82, 2.24) is 10.3 Å². The average Bonchev–Trinajstić information content (AvgIpc) is 3.37. The summed E-state index contributed by atoms with van der Waals surface area (Å²) in [7, 11) is 0. The van der Waals surface area contributed by atoms with Crippen LogP contribution < -0.4 is 14.8 Å². The van der Waals surface area contributed by atoms with Gasteiger partial charge in [-0.25, -0.2) is 0 Å². The molecule has 2 aliphatic rings. The summed E-state index contributed by atoms with van der Waals surface area (Å²) in [6.07, 6.45) is 1.67. The molecule has 0 bridgehead atoms. The molecule has 1 aromatic heterocycles. The summed E-state index contributed by atoms with van der Waals surface area (Å²) in [5, 5.41) is 4.14. The van der Waals surface area contributed by atoms with E-state index in [-0.39, 0.29) is 18.1 Å². The SMILES string of the molecule is O=C(NCC1(c2ccc3c(c2)OCO3)CCOCC1)c1[nH]c2ccccc2c1Br. The van der Waals surface area contributed by atoms with Crippen LogP contribution in [0.1, 0.15) is 28.9 Å². The molecule has 2 aliphatic heterocycles. The zero-order valence-corrected chi connectivity index (χ0v) is 17.4. The number of H-pyrrole nitrogens is 1. The van der Waals surface area contributed by atoms with Crippen LogP contribution in [-0.2, 0) is 10.2 Å². The van der Waals surface area contributed by atoms with E-state index < -0.39 is 0 Å². The molecule has 5 rings (SSSR count). The van der Waals surface area contributed by atoms with Gasteiger partial charge in [-0.3, -0.25) is 4.79 Å². The second kappa shape index (κ2) is 7.39. The van der Waals surface area contributed by atoms with Gasteiger partial charge in [-0.1, -0.05) is 24.3 Å². The Hall–Kier alpha value is -2.51. The maximum absolute atomic E-state index is 13.0. The summed E-state index contributed by atoms with van der Waals surface area (Å²) in [6, 6.07) is 13.9. The van der Waals surface area contributed by atoms with Gasteiger partial charge in [0.25, 0.3) is 5.91 Å². The Balaban J connectivity index is 1.41. The Morgan fingerprint density at radius 1 is 1.10 bits per heavy atom. The first-order valence-electron chi connectivity index (χ1n) is 9.69. The number of aromatic nitrogens is 1. The minimum Gasteiger partial charge on any atom is -0.454 e. The van der Waals surface area contributed by atoms with E-state index in [1.165, 1.54) is 0 Å². The second-order valence-electron chi connectivity index (χ2n) is 7.50. The van der Waals surface area contributed by atoms with E-state index in [0.29, 0.717) is 25.5 Å². The van der Waals surface area contributed by atoms with E-state index >= 15 is 0 Å². The summed E-state index contributed by atoms with van der Waals surface area (Å²) in [4.78, 5) is 16.2. The van der Waals surface area contributed by atoms with E-state index in [4.69, 9.17) is 14.2 Å². The number of carbonyl (C=O) groups is 1. The Morgan fingerprint density at radius 3 is 2.72 bits per heavy atom. The van der Waals surface area contributed by atoms with Gasteiger partial charge < -0.3 is 24.5 Å². The molecule has 0 aliphatic carbocycles. The molecular formula is C22H21BrN2O4. The zero-order valence-electron chi connectivity index (χ0n) is 15.8. The van der Waals surface area contributed by atoms with Crippen LogP contribution in [0.2, 0.25) is 0 Å². The van der Waals surface area contributed by atoms with E-state index in [0.717, 1.165) is 45.3 Å². The van der Waals surface area contributed by atoms with Gasteiger partial charge in [-0.2, -0.15) is 0 Å². The number of para-hydroxylation sites is 1. The molecule has 150 valence electrons. The largest absolute Gasteiger partial charge is 0.454 e. The van der Waals surface area contributed by atoms with Gasteiger partial charge in [0.15, 0.2) is 11.5 Å². The molecule has 0 spiro atoms. The fraction of sp³-hybridized carbons (Fsp3) is 0.318. The van der Waals surface area contributed by atoms with E-state index in [1.54, 1.807) is 0 Å². The van der Waals surface area contributed by atoms with Gasteiger partial charge in [-0.05, 0) is 52.5 Å². The first-order chi connectivity index (χ1) is 14.2. The minimum absolute atomic E-state index is 0.125. The number of benzene rings is 2. The maximum atomic E-state index is 13.0. The van der Waals surface area contributed by atoms with Crippen molar-refractivity contribution >= 4 is 32.7 Å². The Morgan fingerprint density at radius 2 is 1.90 bits per heavy atom. The molecule has 0 unspecified atom stereocenters. The quantitative estimate of drug-likeness (QED) is 0.618. The van der Waals surface area contributed by atoms with E-state index in [9.17, 15) is 4.79 Å². The lowest BCUT2D eigenvalue weighted by molar-refractivity contribution is 0.0486. The van der Waals surface area contributed by atoms with Crippen LogP contribution in [0.5, 0.6) is 11.5 Å².